The standard InChI is InChI=1S/C19H19NO3/c20-9-10-1-3-12(4-2-10)18(8-16(21)22)14-5-11-7-19(14)13(17(11)23)6-15(18)19/h1-4,11,13-15,17,23H,5-8H2,(H,21,22). The number of rotatable bonds is 3. The molecule has 0 aliphatic heterocycles. The summed E-state index contributed by atoms with van der Waals surface area (Å²) in [6.07, 6.45) is 3.02. The van der Waals surface area contributed by atoms with Crippen molar-refractivity contribution in [2.75, 3.05) is 0 Å². The lowest BCUT2D eigenvalue weighted by Crippen LogP contribution is -2.76. The maximum absolute atomic E-state index is 11.6. The zero-order chi connectivity index (χ0) is 16.0. The molecule has 4 fully saturated rings. The van der Waals surface area contributed by atoms with Gasteiger partial charge in [0.05, 0.1) is 24.2 Å². The summed E-state index contributed by atoms with van der Waals surface area (Å²) in [6.45, 7) is 0. The van der Waals surface area contributed by atoms with E-state index in [0.29, 0.717) is 29.2 Å². The molecule has 2 N–H and O–H groups in total. The summed E-state index contributed by atoms with van der Waals surface area (Å²) >= 11 is 0. The lowest BCUT2D eigenvalue weighted by Gasteiger charge is -2.77. The van der Waals surface area contributed by atoms with Crippen molar-refractivity contribution in [1.82, 2.24) is 0 Å². The zero-order valence-electron chi connectivity index (χ0n) is 12.8. The van der Waals surface area contributed by atoms with E-state index in [1.165, 1.54) is 0 Å². The first-order chi connectivity index (χ1) is 11.0. The predicted molar refractivity (Wildman–Crippen MR) is 81.3 cm³/mol. The second kappa shape index (κ2) is 3.96. The summed E-state index contributed by atoms with van der Waals surface area (Å²) in [5.41, 5.74) is 1.63. The molecule has 4 heteroatoms. The van der Waals surface area contributed by atoms with Gasteiger partial charge in [0.15, 0.2) is 0 Å². The van der Waals surface area contributed by atoms with E-state index in [1.54, 1.807) is 0 Å². The molecule has 4 aliphatic rings. The molecule has 5 rings (SSSR count). The lowest BCUT2D eigenvalue weighted by molar-refractivity contribution is -0.271. The Labute approximate surface area is 134 Å². The number of hydrogen-bond acceptors (Lipinski definition) is 3. The molecule has 7 atom stereocenters. The molecule has 1 spiro atoms. The van der Waals surface area contributed by atoms with E-state index < -0.39 is 5.97 Å². The van der Waals surface area contributed by atoms with Gasteiger partial charge in [-0.05, 0) is 66.0 Å². The molecule has 7 unspecified atom stereocenters. The molecular weight excluding hydrogens is 290 g/mol. The Morgan fingerprint density at radius 2 is 1.96 bits per heavy atom. The molecule has 1 aromatic carbocycles. The Morgan fingerprint density at radius 1 is 1.26 bits per heavy atom. The van der Waals surface area contributed by atoms with Crippen molar-refractivity contribution in [3.8, 4) is 6.07 Å². The third-order valence-corrected chi connectivity index (χ3v) is 7.77. The lowest BCUT2D eigenvalue weighted by atomic mass is 9.26. The molecule has 1 aromatic rings. The van der Waals surface area contributed by atoms with Gasteiger partial charge in [-0.15, -0.1) is 0 Å². The fourth-order valence-corrected chi connectivity index (χ4v) is 7.22. The number of benzene rings is 1. The number of aliphatic hydroxyl groups is 1. The van der Waals surface area contributed by atoms with E-state index in [-0.39, 0.29) is 23.4 Å². The van der Waals surface area contributed by atoms with Crippen LogP contribution in [-0.4, -0.2) is 22.3 Å². The predicted octanol–water partition coefficient (Wildman–Crippen LogP) is 2.31. The minimum absolute atomic E-state index is 0.161. The van der Waals surface area contributed by atoms with Crippen molar-refractivity contribution in [2.24, 2.45) is 29.1 Å². The number of carboxylic acid groups (broad SMARTS) is 1. The highest BCUT2D eigenvalue weighted by molar-refractivity contribution is 5.71. The van der Waals surface area contributed by atoms with Crippen molar-refractivity contribution in [3.63, 3.8) is 0 Å². The Balaban J connectivity index is 1.60. The van der Waals surface area contributed by atoms with Crippen LogP contribution in [0, 0.1) is 40.4 Å². The van der Waals surface area contributed by atoms with Gasteiger partial charge in [-0.25, -0.2) is 0 Å². The fourth-order valence-electron chi connectivity index (χ4n) is 7.22. The third kappa shape index (κ3) is 1.27. The van der Waals surface area contributed by atoms with E-state index in [9.17, 15) is 15.0 Å². The van der Waals surface area contributed by atoms with Crippen molar-refractivity contribution in [2.45, 2.75) is 37.2 Å². The molecule has 2 bridgehead atoms. The van der Waals surface area contributed by atoms with Crippen LogP contribution in [0.1, 0.15) is 36.8 Å². The second-order valence-corrected chi connectivity index (χ2v) is 8.05. The summed E-state index contributed by atoms with van der Waals surface area (Å²) < 4.78 is 0. The molecule has 118 valence electrons. The second-order valence-electron chi connectivity index (χ2n) is 8.05. The molecule has 0 saturated heterocycles. The number of carboxylic acids is 1. The normalized spacial score (nSPS) is 48.1. The maximum Gasteiger partial charge on any atom is 0.304 e. The SMILES string of the molecule is N#Cc1ccc(C2(CC(=O)O)C3CC4CC35C(CC25)C4O)cc1. The molecule has 4 nitrogen and oxygen atoms in total. The summed E-state index contributed by atoms with van der Waals surface area (Å²) in [5, 5.41) is 28.9. The van der Waals surface area contributed by atoms with Crippen LogP contribution in [0.3, 0.4) is 0 Å². The van der Waals surface area contributed by atoms with Gasteiger partial charge in [0.2, 0.25) is 0 Å². The number of fused-ring (bicyclic) bond motifs is 1. The van der Waals surface area contributed by atoms with E-state index in [1.807, 2.05) is 24.3 Å². The topological polar surface area (TPSA) is 81.3 Å². The highest BCUT2D eigenvalue weighted by Gasteiger charge is 2.85. The molecule has 23 heavy (non-hydrogen) atoms. The van der Waals surface area contributed by atoms with Crippen LogP contribution in [0.15, 0.2) is 24.3 Å². The van der Waals surface area contributed by atoms with Gasteiger partial charge in [-0.1, -0.05) is 12.1 Å². The van der Waals surface area contributed by atoms with E-state index in [0.717, 1.165) is 24.8 Å². The monoisotopic (exact) mass is 309 g/mol. The van der Waals surface area contributed by atoms with Crippen LogP contribution >= 0.6 is 0 Å². The minimum atomic E-state index is -0.740. The fraction of sp³-hybridized carbons (Fsp3) is 0.579. The molecule has 4 saturated carbocycles. The first kappa shape index (κ1) is 13.6. The van der Waals surface area contributed by atoms with E-state index >= 15 is 0 Å². The molecular formula is C19H19NO3. The highest BCUT2D eigenvalue weighted by Crippen LogP contribution is 2.87. The zero-order valence-corrected chi connectivity index (χ0v) is 12.8. The molecule has 0 heterocycles. The quantitative estimate of drug-likeness (QED) is 0.897. The van der Waals surface area contributed by atoms with Crippen LogP contribution < -0.4 is 0 Å². The number of hydrogen-bond donors (Lipinski definition) is 2. The first-order valence-corrected chi connectivity index (χ1v) is 8.44. The number of aliphatic hydroxyl groups excluding tert-OH is 1. The van der Waals surface area contributed by atoms with Crippen LogP contribution in [0.5, 0.6) is 0 Å². The van der Waals surface area contributed by atoms with Crippen molar-refractivity contribution < 1.29 is 15.0 Å². The summed E-state index contributed by atoms with van der Waals surface area (Å²) in [5.74, 6) is 0.795. The number of carbonyl (C=O) groups is 1. The third-order valence-electron chi connectivity index (χ3n) is 7.77. The minimum Gasteiger partial charge on any atom is -0.481 e. The van der Waals surface area contributed by atoms with Gasteiger partial charge in [-0.2, -0.15) is 5.26 Å². The van der Waals surface area contributed by atoms with Gasteiger partial charge >= 0.3 is 5.97 Å². The maximum atomic E-state index is 11.6. The van der Waals surface area contributed by atoms with Crippen LogP contribution in [0.4, 0.5) is 0 Å². The van der Waals surface area contributed by atoms with E-state index in [2.05, 4.69) is 6.07 Å². The van der Waals surface area contributed by atoms with Gasteiger partial charge in [0.25, 0.3) is 0 Å². The largest absolute Gasteiger partial charge is 0.481 e. The summed E-state index contributed by atoms with van der Waals surface area (Å²) in [6, 6.07) is 9.67. The highest BCUT2D eigenvalue weighted by atomic mass is 16.4. The Bertz CT molecular complexity index is 751. The van der Waals surface area contributed by atoms with Gasteiger partial charge in [0, 0.05) is 5.41 Å². The first-order valence-electron chi connectivity index (χ1n) is 8.44. The smallest absolute Gasteiger partial charge is 0.304 e. The number of aliphatic carboxylic acids is 1. The Kier molecular flexibility index (Phi) is 2.34. The summed E-state index contributed by atoms with van der Waals surface area (Å²) in [7, 11) is 0. The van der Waals surface area contributed by atoms with Crippen LogP contribution in [0.2, 0.25) is 0 Å². The molecule has 0 radical (unpaired) electrons. The Morgan fingerprint density at radius 3 is 2.57 bits per heavy atom. The van der Waals surface area contributed by atoms with Crippen LogP contribution in [0.25, 0.3) is 0 Å². The van der Waals surface area contributed by atoms with Crippen molar-refractivity contribution >= 4 is 5.97 Å². The van der Waals surface area contributed by atoms with Crippen molar-refractivity contribution in [1.29, 1.82) is 5.26 Å². The van der Waals surface area contributed by atoms with Gasteiger partial charge in [-0.3, -0.25) is 4.79 Å². The van der Waals surface area contributed by atoms with Crippen molar-refractivity contribution in [3.05, 3.63) is 35.4 Å². The molecule has 0 amide bonds. The van der Waals surface area contributed by atoms with Crippen LogP contribution in [-0.2, 0) is 10.2 Å². The van der Waals surface area contributed by atoms with E-state index in [4.69, 9.17) is 5.26 Å². The average Bonchev–Trinajstić information content (AvgIpc) is 3.02. The number of nitrogens with zero attached hydrogens (tertiary/aromatic N) is 1. The molecule has 4 aliphatic carbocycles. The Hall–Kier alpha value is -1.86. The average molecular weight is 309 g/mol. The number of nitriles is 1. The van der Waals surface area contributed by atoms with Gasteiger partial charge < -0.3 is 10.2 Å². The van der Waals surface area contributed by atoms with Gasteiger partial charge in [0.1, 0.15) is 0 Å². The summed E-state index contributed by atoms with van der Waals surface area (Å²) in [4.78, 5) is 11.6. The molecule has 0 aromatic heterocycles.